The highest BCUT2D eigenvalue weighted by Crippen LogP contribution is 2.57. The van der Waals surface area contributed by atoms with E-state index in [1.54, 1.807) is 4.90 Å². The van der Waals surface area contributed by atoms with Crippen LogP contribution in [0.25, 0.3) is 0 Å². The molecule has 1 saturated carbocycles. The zero-order chi connectivity index (χ0) is 26.8. The Labute approximate surface area is 226 Å². The monoisotopic (exact) mass is 528 g/mol. The lowest BCUT2D eigenvalue weighted by Crippen LogP contribution is -2.57. The number of carbonyl (C=O) groups is 3. The molecule has 0 aromatic heterocycles. The number of fused-ring (bicyclic) bond motifs is 2. The summed E-state index contributed by atoms with van der Waals surface area (Å²) in [6, 6.07) is -0.631. The molecule has 1 unspecified atom stereocenters. The Bertz CT molecular complexity index is 958. The lowest BCUT2D eigenvalue weighted by Gasteiger charge is -2.40. The van der Waals surface area contributed by atoms with Crippen molar-refractivity contribution >= 4 is 17.8 Å². The Morgan fingerprint density at radius 2 is 1.71 bits per heavy atom. The molecule has 2 saturated heterocycles. The predicted octanol–water partition coefficient (Wildman–Crippen LogP) is 3.52. The molecule has 0 bridgehead atoms. The van der Waals surface area contributed by atoms with Gasteiger partial charge in [0, 0.05) is 25.7 Å². The van der Waals surface area contributed by atoms with E-state index in [1.807, 2.05) is 30.1 Å². The number of esters is 1. The average molecular weight is 529 g/mol. The van der Waals surface area contributed by atoms with Gasteiger partial charge in [0.25, 0.3) is 0 Å². The number of allylic oxidation sites excluding steroid dienone is 1. The van der Waals surface area contributed by atoms with Crippen LogP contribution in [0, 0.1) is 11.8 Å². The van der Waals surface area contributed by atoms with Crippen molar-refractivity contribution in [1.29, 1.82) is 0 Å². The molecule has 5 atom stereocenters. The van der Waals surface area contributed by atoms with Crippen LogP contribution in [0.1, 0.15) is 84.0 Å². The van der Waals surface area contributed by atoms with E-state index in [0.29, 0.717) is 19.7 Å². The largest absolute Gasteiger partial charge is 0.465 e. The minimum atomic E-state index is -1.21. The van der Waals surface area contributed by atoms with Crippen molar-refractivity contribution < 1.29 is 29.0 Å². The molecule has 8 nitrogen and oxygen atoms in total. The van der Waals surface area contributed by atoms with Crippen LogP contribution in [-0.4, -0.2) is 82.3 Å². The molecule has 2 amide bonds. The first-order valence-corrected chi connectivity index (χ1v) is 14.9. The number of rotatable bonds is 7. The van der Waals surface area contributed by atoms with E-state index in [2.05, 4.69) is 6.08 Å². The van der Waals surface area contributed by atoms with Gasteiger partial charge in [-0.05, 0) is 51.9 Å². The Hall–Kier alpha value is -2.19. The molecular weight excluding hydrogens is 484 g/mol. The van der Waals surface area contributed by atoms with Gasteiger partial charge in [0.1, 0.15) is 17.6 Å². The first-order valence-electron chi connectivity index (χ1n) is 14.9. The first-order chi connectivity index (χ1) is 18.4. The van der Waals surface area contributed by atoms with Crippen LogP contribution < -0.4 is 0 Å². The SMILES string of the molecule is C[C@@]12/C=C\CCCCOC(=O)[C@@H]1[C@H]1C(=O)N(CCCCCCO)C3C(=O)N(C4CCCCC4)CC=C[C@@]31O2. The zero-order valence-electron chi connectivity index (χ0n) is 22.8. The molecule has 38 heavy (non-hydrogen) atoms. The summed E-state index contributed by atoms with van der Waals surface area (Å²) in [6.07, 6.45) is 19.0. The van der Waals surface area contributed by atoms with Gasteiger partial charge in [0.15, 0.2) is 0 Å². The minimum absolute atomic E-state index is 0.0576. The highest BCUT2D eigenvalue weighted by atomic mass is 16.6. The summed E-state index contributed by atoms with van der Waals surface area (Å²) in [4.78, 5) is 45.9. The standard InChI is InChI=1S/C30H44N2O6/c1-29-16-9-2-5-12-21-37-28(36)24(29)23-26(34)32(18-10-3-4-11-20-33)25-27(35)31(22-14-7-6-8-15-22)19-13-17-30(23,25)38-29/h9,13,16-17,22-25,33H,2-8,10-12,14-15,18-21H2,1H3/b16-9-/t23-,24-,25?,29+,30-/m0/s1. The van der Waals surface area contributed by atoms with Crippen LogP contribution in [0.15, 0.2) is 24.3 Å². The third-order valence-electron chi connectivity index (χ3n) is 9.35. The highest BCUT2D eigenvalue weighted by Gasteiger charge is 2.74. The molecular formula is C30H44N2O6. The maximum Gasteiger partial charge on any atom is 0.313 e. The van der Waals surface area contributed by atoms with Gasteiger partial charge in [0.05, 0.1) is 18.1 Å². The van der Waals surface area contributed by atoms with Crippen LogP contribution in [-0.2, 0) is 23.9 Å². The molecule has 8 heteroatoms. The zero-order valence-corrected chi connectivity index (χ0v) is 22.8. The predicted molar refractivity (Wildman–Crippen MR) is 142 cm³/mol. The summed E-state index contributed by atoms with van der Waals surface area (Å²) in [5.74, 6) is -2.27. The third-order valence-corrected chi connectivity index (χ3v) is 9.35. The van der Waals surface area contributed by atoms with Gasteiger partial charge < -0.3 is 24.4 Å². The Balaban J connectivity index is 1.53. The maximum absolute atomic E-state index is 14.4. The van der Waals surface area contributed by atoms with Crippen molar-refractivity contribution in [3.63, 3.8) is 0 Å². The molecule has 4 heterocycles. The summed E-state index contributed by atoms with van der Waals surface area (Å²) >= 11 is 0. The Kier molecular flexibility index (Phi) is 8.29. The molecule has 5 rings (SSSR count). The number of hydrogen-bond donors (Lipinski definition) is 1. The van der Waals surface area contributed by atoms with E-state index in [0.717, 1.165) is 70.6 Å². The molecule has 5 aliphatic rings. The molecule has 210 valence electrons. The van der Waals surface area contributed by atoms with Gasteiger partial charge in [0.2, 0.25) is 11.8 Å². The van der Waals surface area contributed by atoms with Crippen molar-refractivity contribution in [2.75, 3.05) is 26.3 Å². The molecule has 1 N–H and O–H groups in total. The first kappa shape index (κ1) is 27.4. The highest BCUT2D eigenvalue weighted by molar-refractivity contribution is 5.99. The summed E-state index contributed by atoms with van der Waals surface area (Å²) in [7, 11) is 0. The van der Waals surface area contributed by atoms with Gasteiger partial charge in [-0.25, -0.2) is 0 Å². The van der Waals surface area contributed by atoms with Crippen LogP contribution in [0.2, 0.25) is 0 Å². The number of cyclic esters (lactones) is 1. The molecule has 0 radical (unpaired) electrons. The van der Waals surface area contributed by atoms with Gasteiger partial charge in [-0.15, -0.1) is 0 Å². The van der Waals surface area contributed by atoms with Gasteiger partial charge in [-0.3, -0.25) is 14.4 Å². The van der Waals surface area contributed by atoms with Crippen molar-refractivity contribution in [2.24, 2.45) is 11.8 Å². The number of aliphatic hydroxyl groups is 1. The van der Waals surface area contributed by atoms with Crippen molar-refractivity contribution in [3.8, 4) is 0 Å². The normalized spacial score (nSPS) is 36.9. The van der Waals surface area contributed by atoms with Crippen LogP contribution in [0.4, 0.5) is 0 Å². The lowest BCUT2D eigenvalue weighted by molar-refractivity contribution is -0.160. The summed E-state index contributed by atoms with van der Waals surface area (Å²) in [6.45, 7) is 3.28. The van der Waals surface area contributed by atoms with E-state index in [1.165, 1.54) is 6.42 Å². The molecule has 3 fully saturated rings. The third kappa shape index (κ3) is 4.83. The second-order valence-corrected chi connectivity index (χ2v) is 11.9. The fourth-order valence-corrected chi connectivity index (χ4v) is 7.52. The van der Waals surface area contributed by atoms with E-state index >= 15 is 0 Å². The number of aliphatic hydroxyl groups excluding tert-OH is 1. The fourth-order valence-electron chi connectivity index (χ4n) is 7.52. The molecule has 0 aromatic rings. The maximum atomic E-state index is 14.4. The molecule has 1 spiro atoms. The smallest absolute Gasteiger partial charge is 0.313 e. The summed E-state index contributed by atoms with van der Waals surface area (Å²) in [5, 5.41) is 9.15. The topological polar surface area (TPSA) is 96.4 Å². The fraction of sp³-hybridized carbons (Fsp3) is 0.767. The number of hydrogen-bond acceptors (Lipinski definition) is 6. The van der Waals surface area contributed by atoms with Gasteiger partial charge in [-0.1, -0.05) is 56.4 Å². The van der Waals surface area contributed by atoms with E-state index in [-0.39, 0.29) is 24.5 Å². The van der Waals surface area contributed by atoms with Crippen molar-refractivity contribution in [1.82, 2.24) is 9.80 Å². The van der Waals surface area contributed by atoms with E-state index < -0.39 is 35.0 Å². The van der Waals surface area contributed by atoms with Gasteiger partial charge >= 0.3 is 5.97 Å². The second kappa shape index (κ2) is 11.5. The number of carbonyl (C=O) groups excluding carboxylic acids is 3. The van der Waals surface area contributed by atoms with Crippen LogP contribution in [0.5, 0.6) is 0 Å². The lowest BCUT2D eigenvalue weighted by atomic mass is 9.74. The Morgan fingerprint density at radius 1 is 0.921 bits per heavy atom. The molecule has 1 aliphatic carbocycles. The van der Waals surface area contributed by atoms with Crippen molar-refractivity contribution in [2.45, 2.75) is 107 Å². The summed E-state index contributed by atoms with van der Waals surface area (Å²) < 4.78 is 12.6. The van der Waals surface area contributed by atoms with Crippen LogP contribution in [0.3, 0.4) is 0 Å². The Morgan fingerprint density at radius 3 is 2.50 bits per heavy atom. The number of ether oxygens (including phenoxy) is 2. The second-order valence-electron chi connectivity index (χ2n) is 11.9. The van der Waals surface area contributed by atoms with E-state index in [9.17, 15) is 14.4 Å². The quantitative estimate of drug-likeness (QED) is 0.309. The molecule has 0 aromatic carbocycles. The van der Waals surface area contributed by atoms with Crippen molar-refractivity contribution in [3.05, 3.63) is 24.3 Å². The van der Waals surface area contributed by atoms with Crippen LogP contribution >= 0.6 is 0 Å². The number of likely N-dealkylation sites (tertiary alicyclic amines) is 1. The number of amides is 2. The summed E-state index contributed by atoms with van der Waals surface area (Å²) in [5.41, 5.74) is -2.25. The minimum Gasteiger partial charge on any atom is -0.465 e. The number of unbranched alkanes of at least 4 members (excludes halogenated alkanes) is 3. The van der Waals surface area contributed by atoms with Gasteiger partial charge in [-0.2, -0.15) is 0 Å². The molecule has 4 aliphatic heterocycles. The van der Waals surface area contributed by atoms with E-state index in [4.69, 9.17) is 14.6 Å². The number of nitrogens with zero attached hydrogens (tertiary/aromatic N) is 2. The average Bonchev–Trinajstić information content (AvgIpc) is 3.23.